The molecule has 0 aliphatic carbocycles. The Bertz CT molecular complexity index is 404. The van der Waals surface area contributed by atoms with Crippen molar-refractivity contribution in [2.75, 3.05) is 13.2 Å². The Morgan fingerprint density at radius 2 is 2.31 bits per heavy atom. The van der Waals surface area contributed by atoms with Crippen LogP contribution >= 0.6 is 11.6 Å². The average Bonchev–Trinajstić information content (AvgIpc) is 2.27. The van der Waals surface area contributed by atoms with E-state index in [2.05, 4.69) is 5.32 Å². The summed E-state index contributed by atoms with van der Waals surface area (Å²) in [6, 6.07) is 2.82. The summed E-state index contributed by atoms with van der Waals surface area (Å²) in [6.45, 7) is 2.65. The Morgan fingerprint density at radius 3 is 2.94 bits per heavy atom. The molecule has 1 rings (SSSR count). The minimum absolute atomic E-state index is 0.279. The van der Waals surface area contributed by atoms with Crippen LogP contribution in [0.25, 0.3) is 0 Å². The maximum atomic E-state index is 13.4. The standard InChI is InChI=1S/C11H12ClFN2O/c1-2-16-10-4-3-9(13)8(11(10)12)5-6-15-7-14/h3-4,15H,2,5-6H2,1H3. The van der Waals surface area contributed by atoms with E-state index in [0.29, 0.717) is 30.9 Å². The SMILES string of the molecule is CCOc1ccc(F)c(CCNC#N)c1Cl. The number of nitrogens with zero attached hydrogens (tertiary/aromatic N) is 1. The number of rotatable bonds is 5. The second-order valence-corrected chi connectivity index (χ2v) is 3.44. The fourth-order valence-electron chi connectivity index (χ4n) is 1.32. The Hall–Kier alpha value is -1.47. The van der Waals surface area contributed by atoms with Crippen LogP contribution in [0.4, 0.5) is 4.39 Å². The van der Waals surface area contributed by atoms with Crippen molar-refractivity contribution in [3.63, 3.8) is 0 Å². The van der Waals surface area contributed by atoms with Crippen LogP contribution in [0.15, 0.2) is 12.1 Å². The second kappa shape index (κ2) is 6.19. The molecule has 0 amide bonds. The third kappa shape index (κ3) is 3.01. The van der Waals surface area contributed by atoms with E-state index in [-0.39, 0.29) is 10.8 Å². The first-order valence-corrected chi connectivity index (χ1v) is 5.30. The number of hydrogen-bond acceptors (Lipinski definition) is 3. The summed E-state index contributed by atoms with van der Waals surface area (Å²) in [5.74, 6) is 0.0886. The van der Waals surface area contributed by atoms with Gasteiger partial charge in [-0.2, -0.15) is 5.26 Å². The van der Waals surface area contributed by atoms with Gasteiger partial charge >= 0.3 is 0 Å². The molecule has 0 spiro atoms. The zero-order chi connectivity index (χ0) is 12.0. The molecule has 0 atom stereocenters. The molecule has 3 nitrogen and oxygen atoms in total. The van der Waals surface area contributed by atoms with Crippen LogP contribution in [0.5, 0.6) is 5.75 Å². The summed E-state index contributed by atoms with van der Waals surface area (Å²) in [7, 11) is 0. The van der Waals surface area contributed by atoms with Gasteiger partial charge in [0.15, 0.2) is 6.19 Å². The van der Waals surface area contributed by atoms with E-state index in [1.54, 1.807) is 6.19 Å². The van der Waals surface area contributed by atoms with E-state index in [1.807, 2.05) is 6.92 Å². The molecule has 1 aromatic rings. The number of nitriles is 1. The molecule has 0 aromatic heterocycles. The van der Waals surface area contributed by atoms with Crippen molar-refractivity contribution in [1.82, 2.24) is 5.32 Å². The van der Waals surface area contributed by atoms with E-state index in [9.17, 15) is 4.39 Å². The largest absolute Gasteiger partial charge is 0.492 e. The average molecular weight is 243 g/mol. The van der Waals surface area contributed by atoms with Crippen molar-refractivity contribution in [1.29, 1.82) is 5.26 Å². The number of halogens is 2. The third-order valence-corrected chi connectivity index (χ3v) is 2.44. The molecule has 0 heterocycles. The smallest absolute Gasteiger partial charge is 0.176 e. The van der Waals surface area contributed by atoms with Crippen molar-refractivity contribution < 1.29 is 9.13 Å². The van der Waals surface area contributed by atoms with Crippen LogP contribution < -0.4 is 10.1 Å². The van der Waals surface area contributed by atoms with Gasteiger partial charge in [-0.25, -0.2) is 4.39 Å². The maximum Gasteiger partial charge on any atom is 0.176 e. The van der Waals surface area contributed by atoms with Crippen molar-refractivity contribution >= 4 is 11.6 Å². The van der Waals surface area contributed by atoms with Crippen molar-refractivity contribution in [3.05, 3.63) is 28.5 Å². The van der Waals surface area contributed by atoms with Gasteiger partial charge < -0.3 is 10.1 Å². The lowest BCUT2D eigenvalue weighted by atomic mass is 10.1. The van der Waals surface area contributed by atoms with E-state index >= 15 is 0 Å². The minimum Gasteiger partial charge on any atom is -0.492 e. The molecule has 0 fully saturated rings. The van der Waals surface area contributed by atoms with Crippen LogP contribution in [0.1, 0.15) is 12.5 Å². The maximum absolute atomic E-state index is 13.4. The van der Waals surface area contributed by atoms with Gasteiger partial charge in [-0.1, -0.05) is 11.6 Å². The van der Waals surface area contributed by atoms with Gasteiger partial charge in [0, 0.05) is 12.1 Å². The van der Waals surface area contributed by atoms with Crippen molar-refractivity contribution in [2.45, 2.75) is 13.3 Å². The van der Waals surface area contributed by atoms with Gasteiger partial charge in [0.2, 0.25) is 0 Å². The molecule has 1 N–H and O–H groups in total. The third-order valence-electron chi connectivity index (χ3n) is 2.03. The molecule has 1 aromatic carbocycles. The van der Waals surface area contributed by atoms with E-state index in [4.69, 9.17) is 21.6 Å². The van der Waals surface area contributed by atoms with Gasteiger partial charge in [0.25, 0.3) is 0 Å². The summed E-state index contributed by atoms with van der Waals surface area (Å²) < 4.78 is 18.7. The Kier molecular flexibility index (Phi) is 4.87. The van der Waals surface area contributed by atoms with Gasteiger partial charge in [0.05, 0.1) is 11.6 Å². The van der Waals surface area contributed by atoms with Crippen LogP contribution in [-0.2, 0) is 6.42 Å². The first-order chi connectivity index (χ1) is 7.70. The van der Waals surface area contributed by atoms with E-state index in [0.717, 1.165) is 0 Å². The van der Waals surface area contributed by atoms with E-state index in [1.165, 1.54) is 12.1 Å². The number of benzene rings is 1. The number of hydrogen-bond donors (Lipinski definition) is 1. The predicted octanol–water partition coefficient (Wildman–Crippen LogP) is 2.49. The fourth-order valence-corrected chi connectivity index (χ4v) is 1.62. The zero-order valence-electron chi connectivity index (χ0n) is 8.89. The van der Waals surface area contributed by atoms with Gasteiger partial charge in [-0.15, -0.1) is 0 Å². The first-order valence-electron chi connectivity index (χ1n) is 4.92. The van der Waals surface area contributed by atoms with Crippen molar-refractivity contribution in [2.24, 2.45) is 0 Å². The number of ether oxygens (including phenoxy) is 1. The highest BCUT2D eigenvalue weighted by atomic mass is 35.5. The van der Waals surface area contributed by atoms with Crippen molar-refractivity contribution in [3.8, 4) is 11.9 Å². The quantitative estimate of drug-likeness (QED) is 0.490. The molecule has 0 aliphatic heterocycles. The van der Waals surface area contributed by atoms with Crippen LogP contribution in [-0.4, -0.2) is 13.2 Å². The molecule has 0 radical (unpaired) electrons. The lowest BCUT2D eigenvalue weighted by Gasteiger charge is -2.10. The highest BCUT2D eigenvalue weighted by molar-refractivity contribution is 6.32. The normalized spacial score (nSPS) is 9.62. The molecule has 5 heteroatoms. The Labute approximate surface area is 98.8 Å². The Balaban J connectivity index is 2.88. The van der Waals surface area contributed by atoms with E-state index < -0.39 is 0 Å². The van der Waals surface area contributed by atoms with Gasteiger partial charge in [-0.3, -0.25) is 0 Å². The summed E-state index contributed by atoms with van der Waals surface area (Å²) in [4.78, 5) is 0. The predicted molar refractivity (Wildman–Crippen MR) is 59.9 cm³/mol. The molecule has 16 heavy (non-hydrogen) atoms. The molecule has 0 saturated heterocycles. The Morgan fingerprint density at radius 1 is 1.56 bits per heavy atom. The molecule has 0 saturated carbocycles. The molecule has 86 valence electrons. The van der Waals surface area contributed by atoms with Gasteiger partial charge in [0.1, 0.15) is 11.6 Å². The molecule has 0 bridgehead atoms. The molecular weight excluding hydrogens is 231 g/mol. The summed E-state index contributed by atoms with van der Waals surface area (Å²) in [5.41, 5.74) is 0.371. The van der Waals surface area contributed by atoms with Crippen LogP contribution in [0.2, 0.25) is 5.02 Å². The molecule has 0 unspecified atom stereocenters. The first kappa shape index (κ1) is 12.6. The minimum atomic E-state index is -0.381. The molecular formula is C11H12ClFN2O. The highest BCUT2D eigenvalue weighted by Gasteiger charge is 2.12. The zero-order valence-corrected chi connectivity index (χ0v) is 9.64. The van der Waals surface area contributed by atoms with Crippen LogP contribution in [0, 0.1) is 17.3 Å². The molecule has 0 aliphatic rings. The lowest BCUT2D eigenvalue weighted by Crippen LogP contribution is -2.11. The second-order valence-electron chi connectivity index (χ2n) is 3.06. The summed E-state index contributed by atoms with van der Waals surface area (Å²) in [6.07, 6.45) is 2.12. The summed E-state index contributed by atoms with van der Waals surface area (Å²) in [5, 5.41) is 11.0. The summed E-state index contributed by atoms with van der Waals surface area (Å²) >= 11 is 6.00. The topological polar surface area (TPSA) is 45.0 Å². The number of nitrogens with one attached hydrogen (secondary N) is 1. The highest BCUT2D eigenvalue weighted by Crippen LogP contribution is 2.30. The van der Waals surface area contributed by atoms with Crippen LogP contribution in [0.3, 0.4) is 0 Å². The lowest BCUT2D eigenvalue weighted by molar-refractivity contribution is 0.339. The monoisotopic (exact) mass is 242 g/mol. The van der Waals surface area contributed by atoms with Gasteiger partial charge in [-0.05, 0) is 25.5 Å². The fraction of sp³-hybridized carbons (Fsp3) is 0.364.